The number of carbonyl (C=O) groups excluding carboxylic acids is 1. The minimum Gasteiger partial charge on any atom is -0.506 e. The first-order chi connectivity index (χ1) is 19.0. The van der Waals surface area contributed by atoms with E-state index in [2.05, 4.69) is 84.8 Å². The molecule has 0 unspecified atom stereocenters. The monoisotopic (exact) mass is 549 g/mol. The van der Waals surface area contributed by atoms with Gasteiger partial charge in [0.2, 0.25) is 5.78 Å². The van der Waals surface area contributed by atoms with E-state index in [0.29, 0.717) is 11.1 Å². The highest BCUT2D eigenvalue weighted by Gasteiger charge is 2.44. The van der Waals surface area contributed by atoms with Crippen LogP contribution in [0.4, 0.5) is 0 Å². The molecule has 3 aliphatic heterocycles. The zero-order chi connectivity index (χ0) is 28.9. The van der Waals surface area contributed by atoms with Crippen molar-refractivity contribution in [3.05, 3.63) is 50.7 Å². The summed E-state index contributed by atoms with van der Waals surface area (Å²) in [5.74, 6) is 0.118. The summed E-state index contributed by atoms with van der Waals surface area (Å²) in [5.41, 5.74) is 9.41. The average molecular weight is 550 g/mol. The van der Waals surface area contributed by atoms with Gasteiger partial charge in [-0.2, -0.15) is 4.58 Å². The van der Waals surface area contributed by atoms with Crippen molar-refractivity contribution < 1.29 is 14.5 Å². The summed E-state index contributed by atoms with van der Waals surface area (Å²) in [6.45, 7) is 20.7. The van der Waals surface area contributed by atoms with Crippen molar-refractivity contribution >= 4 is 17.1 Å². The molecule has 0 saturated carbocycles. The van der Waals surface area contributed by atoms with Crippen molar-refractivity contribution in [1.29, 1.82) is 0 Å². The van der Waals surface area contributed by atoms with Crippen LogP contribution >= 0.6 is 0 Å². The first kappa shape index (κ1) is 29.0. The number of aliphatic hydroxyl groups is 1. The third-order valence-corrected chi connectivity index (χ3v) is 10.0. The quantitative estimate of drug-likeness (QED) is 0.368. The highest BCUT2D eigenvalue weighted by atomic mass is 16.3. The Balaban J connectivity index is 1.41. The van der Waals surface area contributed by atoms with E-state index in [1.807, 2.05) is 0 Å². The Morgan fingerprint density at radius 2 is 1.32 bits per heavy atom. The van der Waals surface area contributed by atoms with Crippen LogP contribution in [0, 0.1) is 20.8 Å². The summed E-state index contributed by atoms with van der Waals surface area (Å²) in [4.78, 5) is 13.8. The van der Waals surface area contributed by atoms with Gasteiger partial charge in [-0.3, -0.25) is 4.79 Å². The lowest BCUT2D eigenvalue weighted by molar-refractivity contribution is -0.476. The molecule has 2 fully saturated rings. The molecule has 8 nitrogen and oxygen atoms in total. The first-order valence-electron chi connectivity index (χ1n) is 15.1. The third-order valence-electron chi connectivity index (χ3n) is 10.0. The van der Waals surface area contributed by atoms with Crippen LogP contribution in [-0.2, 0) is 11.3 Å². The standard InChI is InChI=1S/C32H48N6O2/c1-21-23(3)37(19-17-33(7)35-13-9-10-14-35)25(5)27(21)29-31(39)30(32(29)40)28-22(2)24(4)38(26(28)6)20-18-34(8)36-15-11-12-16-36/h9-20H2,1-8H3/p+1. The molecule has 0 aromatic carbocycles. The number of Topliss-reactive ketones (excluding diaryl/α,β-unsaturated/α-hetero) is 1. The van der Waals surface area contributed by atoms with Crippen molar-refractivity contribution in [3.8, 4) is 0 Å². The summed E-state index contributed by atoms with van der Waals surface area (Å²) in [6.07, 6.45) is 5.06. The molecule has 5 rings (SSSR count). The Labute approximate surface area is 240 Å². The molecule has 0 radical (unpaired) electrons. The van der Waals surface area contributed by atoms with Gasteiger partial charge in [-0.25, -0.2) is 20.0 Å². The van der Waals surface area contributed by atoms with Crippen LogP contribution in [0.3, 0.4) is 0 Å². The molecular formula is C32H49N6O2+. The van der Waals surface area contributed by atoms with Crippen LogP contribution in [0.2, 0.25) is 0 Å². The second-order valence-corrected chi connectivity index (χ2v) is 12.2. The lowest BCUT2D eigenvalue weighted by Crippen LogP contribution is -2.41. The normalized spacial score (nSPS) is 22.9. The maximum absolute atomic E-state index is 13.8. The number of carbonyl (C=O) groups is 1. The van der Waals surface area contributed by atoms with Gasteiger partial charge in [-0.1, -0.05) is 0 Å². The van der Waals surface area contributed by atoms with E-state index >= 15 is 0 Å². The van der Waals surface area contributed by atoms with Crippen molar-refractivity contribution in [2.24, 2.45) is 0 Å². The molecule has 0 atom stereocenters. The van der Waals surface area contributed by atoms with Crippen LogP contribution in [0.25, 0.3) is 5.57 Å². The van der Waals surface area contributed by atoms with Gasteiger partial charge < -0.3 is 9.67 Å². The second-order valence-electron chi connectivity index (χ2n) is 12.2. The molecule has 4 aliphatic rings. The Bertz CT molecular complexity index is 1330. The molecular weight excluding hydrogens is 500 g/mol. The van der Waals surface area contributed by atoms with E-state index in [0.717, 1.165) is 86.0 Å². The molecule has 0 amide bonds. The minimum atomic E-state index is -0.0347. The van der Waals surface area contributed by atoms with Gasteiger partial charge >= 0.3 is 0 Å². The van der Waals surface area contributed by atoms with E-state index in [4.69, 9.17) is 0 Å². The Morgan fingerprint density at radius 3 is 1.88 bits per heavy atom. The zero-order valence-corrected chi connectivity index (χ0v) is 26.0. The summed E-state index contributed by atoms with van der Waals surface area (Å²) in [7, 11) is 4.34. The summed E-state index contributed by atoms with van der Waals surface area (Å²) in [6, 6.07) is 0. The van der Waals surface area contributed by atoms with Gasteiger partial charge in [-0.15, -0.1) is 0 Å². The molecule has 4 heterocycles. The van der Waals surface area contributed by atoms with Crippen LogP contribution in [-0.4, -0.2) is 106 Å². The molecule has 218 valence electrons. The fourth-order valence-electron chi connectivity index (χ4n) is 7.21. The summed E-state index contributed by atoms with van der Waals surface area (Å²) in [5, 5.41) is 21.0. The van der Waals surface area contributed by atoms with E-state index in [-0.39, 0.29) is 11.5 Å². The van der Waals surface area contributed by atoms with E-state index in [9.17, 15) is 9.90 Å². The molecule has 1 N–H and O–H groups in total. The average Bonchev–Trinajstić information content (AvgIpc) is 3.73. The molecule has 0 spiro atoms. The maximum atomic E-state index is 13.8. The van der Waals surface area contributed by atoms with Gasteiger partial charge in [0.15, 0.2) is 18.0 Å². The highest BCUT2D eigenvalue weighted by molar-refractivity contribution is 6.41. The molecule has 40 heavy (non-hydrogen) atoms. The number of rotatable bonds is 9. The highest BCUT2D eigenvalue weighted by Crippen LogP contribution is 2.44. The largest absolute Gasteiger partial charge is 0.506 e. The third kappa shape index (κ3) is 4.83. The lowest BCUT2D eigenvalue weighted by atomic mass is 9.78. The number of nitrogens with zero attached hydrogens (tertiary/aromatic N) is 6. The fourth-order valence-corrected chi connectivity index (χ4v) is 7.21. The molecule has 8 heteroatoms. The predicted octanol–water partition coefficient (Wildman–Crippen LogP) is 4.23. The fraction of sp³-hybridized carbons (Fsp3) is 0.625. The minimum absolute atomic E-state index is 0.0347. The molecule has 1 aliphatic carbocycles. The van der Waals surface area contributed by atoms with Crippen LogP contribution in [0.5, 0.6) is 0 Å². The Kier molecular flexibility index (Phi) is 8.26. The number of likely N-dealkylation sites (N-methyl/N-ethyl adjacent to an activating group) is 2. The van der Waals surface area contributed by atoms with Crippen LogP contribution < -0.4 is 0 Å². The van der Waals surface area contributed by atoms with Gasteiger partial charge in [0.05, 0.1) is 23.3 Å². The number of hydrazine groups is 2. The number of allylic oxidation sites excluding steroid dienone is 5. The summed E-state index contributed by atoms with van der Waals surface area (Å²) < 4.78 is 4.63. The van der Waals surface area contributed by atoms with E-state index in [1.165, 1.54) is 37.1 Å². The van der Waals surface area contributed by atoms with Crippen molar-refractivity contribution in [2.75, 3.05) is 59.9 Å². The second kappa shape index (κ2) is 11.4. The predicted molar refractivity (Wildman–Crippen MR) is 161 cm³/mol. The smallest absolute Gasteiger partial charge is 0.202 e. The van der Waals surface area contributed by atoms with E-state index in [1.54, 1.807) is 0 Å². The SMILES string of the molecule is CC1=C(C)[N+](CCN(C)N2CCCC2)=C(C)/C1=C1\C(=O)C(c2c(C)c(C)n(CCN(C)N3CCCC3)c2C)=C1O. The Hall–Kier alpha value is -2.52. The zero-order valence-electron chi connectivity index (χ0n) is 26.0. The van der Waals surface area contributed by atoms with Crippen molar-refractivity contribution in [1.82, 2.24) is 24.6 Å². The van der Waals surface area contributed by atoms with E-state index < -0.39 is 0 Å². The van der Waals surface area contributed by atoms with Gasteiger partial charge in [0, 0.05) is 89.7 Å². The van der Waals surface area contributed by atoms with Crippen molar-refractivity contribution in [3.63, 3.8) is 0 Å². The molecule has 1 aromatic rings. The number of hydrogen-bond acceptors (Lipinski definition) is 6. The summed E-state index contributed by atoms with van der Waals surface area (Å²) >= 11 is 0. The Morgan fingerprint density at radius 1 is 0.775 bits per heavy atom. The van der Waals surface area contributed by atoms with Crippen LogP contribution in [0.15, 0.2) is 28.2 Å². The molecule has 0 bridgehead atoms. The number of ketones is 1. The van der Waals surface area contributed by atoms with Gasteiger partial charge in [0.1, 0.15) is 5.76 Å². The molecule has 2 saturated heterocycles. The van der Waals surface area contributed by atoms with Crippen LogP contribution in [0.1, 0.15) is 69.0 Å². The number of hydrogen-bond donors (Lipinski definition) is 1. The van der Waals surface area contributed by atoms with Gasteiger partial charge in [0.25, 0.3) is 0 Å². The number of aromatic nitrogens is 1. The maximum Gasteiger partial charge on any atom is 0.202 e. The topological polar surface area (TPSA) is 58.2 Å². The molecule has 1 aromatic heterocycles. The number of aliphatic hydroxyl groups excluding tert-OH is 1. The van der Waals surface area contributed by atoms with Gasteiger partial charge in [-0.05, 0) is 58.9 Å². The van der Waals surface area contributed by atoms with Crippen molar-refractivity contribution in [2.45, 2.75) is 73.8 Å². The lowest BCUT2D eigenvalue weighted by Gasteiger charge is -2.28. The first-order valence-corrected chi connectivity index (χ1v) is 15.1.